The number of benzene rings is 2. The Bertz CT molecular complexity index is 597. The predicted octanol–water partition coefficient (Wildman–Crippen LogP) is 3.96. The van der Waals surface area contributed by atoms with E-state index in [-0.39, 0.29) is 5.75 Å². The fraction of sp³-hybridized carbons (Fsp3) is 0.143. The lowest BCUT2D eigenvalue weighted by molar-refractivity contribution is 0.438. The van der Waals surface area contributed by atoms with Crippen LogP contribution in [0.1, 0.15) is 11.1 Å². The zero-order valence-corrected chi connectivity index (χ0v) is 10.1. The second-order valence-electron chi connectivity index (χ2n) is 4.15. The average molecular weight is 249 g/mol. The van der Waals surface area contributed by atoms with Crippen molar-refractivity contribution in [2.45, 2.75) is 13.8 Å². The van der Waals surface area contributed by atoms with Crippen molar-refractivity contribution in [3.8, 4) is 11.5 Å². The van der Waals surface area contributed by atoms with Gasteiger partial charge in [0.15, 0.2) is 17.3 Å². The summed E-state index contributed by atoms with van der Waals surface area (Å²) in [7, 11) is 0. The van der Waals surface area contributed by atoms with Gasteiger partial charge in [-0.15, -0.1) is 0 Å². The molecular weight excluding hydrogens is 236 g/mol. The van der Waals surface area contributed by atoms with Crippen LogP contribution in [0.3, 0.4) is 0 Å². The van der Waals surface area contributed by atoms with Crippen molar-refractivity contribution in [1.82, 2.24) is 0 Å². The molecule has 2 aromatic rings. The first-order valence-electron chi connectivity index (χ1n) is 5.47. The Labute approximate surface area is 104 Å². The van der Waals surface area contributed by atoms with Crippen LogP contribution in [0.2, 0.25) is 0 Å². The maximum Gasteiger partial charge on any atom is 0.166 e. The van der Waals surface area contributed by atoms with Crippen LogP contribution in [0.15, 0.2) is 30.3 Å². The molecule has 0 saturated carbocycles. The van der Waals surface area contributed by atoms with E-state index in [1.165, 1.54) is 0 Å². The minimum Gasteiger partial charge on any atom is -0.452 e. The molecule has 0 spiro atoms. The lowest BCUT2D eigenvalue weighted by Gasteiger charge is -2.11. The van der Waals surface area contributed by atoms with Crippen LogP contribution < -0.4 is 10.5 Å². The highest BCUT2D eigenvalue weighted by atomic mass is 19.1. The SMILES string of the molecule is Cc1cc(N)c(Oc2cc(F)ccc2F)cc1C. The van der Waals surface area contributed by atoms with Crippen LogP contribution in [0.25, 0.3) is 0 Å². The number of aryl methyl sites for hydroxylation is 2. The van der Waals surface area contributed by atoms with Gasteiger partial charge in [-0.1, -0.05) is 0 Å². The summed E-state index contributed by atoms with van der Waals surface area (Å²) in [6.45, 7) is 3.81. The summed E-state index contributed by atoms with van der Waals surface area (Å²) in [4.78, 5) is 0. The summed E-state index contributed by atoms with van der Waals surface area (Å²) < 4.78 is 31.8. The monoisotopic (exact) mass is 249 g/mol. The predicted molar refractivity (Wildman–Crippen MR) is 66.8 cm³/mol. The zero-order valence-electron chi connectivity index (χ0n) is 10.1. The summed E-state index contributed by atoms with van der Waals surface area (Å²) in [5.74, 6) is -1.05. The molecule has 4 heteroatoms. The van der Waals surface area contributed by atoms with Crippen molar-refractivity contribution < 1.29 is 13.5 Å². The highest BCUT2D eigenvalue weighted by Gasteiger charge is 2.09. The molecule has 94 valence electrons. The van der Waals surface area contributed by atoms with Gasteiger partial charge >= 0.3 is 0 Å². The molecule has 2 nitrogen and oxygen atoms in total. The van der Waals surface area contributed by atoms with Gasteiger partial charge in [-0.05, 0) is 49.2 Å². The molecule has 0 aliphatic carbocycles. The second kappa shape index (κ2) is 4.64. The maximum absolute atomic E-state index is 13.4. The number of hydrogen-bond acceptors (Lipinski definition) is 2. The van der Waals surface area contributed by atoms with E-state index in [0.717, 1.165) is 29.3 Å². The van der Waals surface area contributed by atoms with Crippen molar-refractivity contribution in [3.05, 3.63) is 53.1 Å². The second-order valence-corrected chi connectivity index (χ2v) is 4.15. The number of hydrogen-bond donors (Lipinski definition) is 1. The third-order valence-electron chi connectivity index (χ3n) is 2.74. The molecule has 0 saturated heterocycles. The van der Waals surface area contributed by atoms with Crippen molar-refractivity contribution >= 4 is 5.69 Å². The number of halogens is 2. The van der Waals surface area contributed by atoms with Gasteiger partial charge in [0.1, 0.15) is 5.82 Å². The molecule has 2 rings (SSSR count). The first kappa shape index (κ1) is 12.4. The van der Waals surface area contributed by atoms with Crippen molar-refractivity contribution in [1.29, 1.82) is 0 Å². The molecule has 0 bridgehead atoms. The van der Waals surface area contributed by atoms with E-state index in [1.54, 1.807) is 12.1 Å². The normalized spacial score (nSPS) is 10.4. The van der Waals surface area contributed by atoms with E-state index in [0.29, 0.717) is 11.4 Å². The van der Waals surface area contributed by atoms with E-state index in [1.807, 2.05) is 13.8 Å². The Kier molecular flexibility index (Phi) is 3.19. The fourth-order valence-corrected chi connectivity index (χ4v) is 1.57. The van der Waals surface area contributed by atoms with E-state index >= 15 is 0 Å². The first-order valence-corrected chi connectivity index (χ1v) is 5.47. The largest absolute Gasteiger partial charge is 0.452 e. The highest BCUT2D eigenvalue weighted by Crippen LogP contribution is 2.31. The topological polar surface area (TPSA) is 35.2 Å². The number of anilines is 1. The summed E-state index contributed by atoms with van der Waals surface area (Å²) in [6, 6.07) is 6.48. The van der Waals surface area contributed by atoms with E-state index < -0.39 is 11.6 Å². The van der Waals surface area contributed by atoms with Crippen LogP contribution in [-0.4, -0.2) is 0 Å². The molecule has 18 heavy (non-hydrogen) atoms. The molecule has 0 unspecified atom stereocenters. The summed E-state index contributed by atoms with van der Waals surface area (Å²) in [5, 5.41) is 0. The third kappa shape index (κ3) is 2.42. The Morgan fingerprint density at radius 3 is 2.33 bits per heavy atom. The fourth-order valence-electron chi connectivity index (χ4n) is 1.57. The van der Waals surface area contributed by atoms with Gasteiger partial charge in [-0.25, -0.2) is 8.78 Å². The van der Waals surface area contributed by atoms with Crippen LogP contribution in [-0.2, 0) is 0 Å². The van der Waals surface area contributed by atoms with Gasteiger partial charge in [-0.2, -0.15) is 0 Å². The molecule has 0 aromatic heterocycles. The van der Waals surface area contributed by atoms with Crippen LogP contribution in [0, 0.1) is 25.5 Å². The van der Waals surface area contributed by atoms with Gasteiger partial charge in [-0.3, -0.25) is 0 Å². The van der Waals surface area contributed by atoms with E-state index in [4.69, 9.17) is 10.5 Å². The molecule has 0 radical (unpaired) electrons. The third-order valence-corrected chi connectivity index (χ3v) is 2.74. The zero-order chi connectivity index (χ0) is 13.3. The van der Waals surface area contributed by atoms with Crippen LogP contribution in [0.4, 0.5) is 14.5 Å². The maximum atomic E-state index is 13.4. The molecule has 0 heterocycles. The van der Waals surface area contributed by atoms with Gasteiger partial charge in [0.25, 0.3) is 0 Å². The van der Waals surface area contributed by atoms with Crippen molar-refractivity contribution in [2.24, 2.45) is 0 Å². The lowest BCUT2D eigenvalue weighted by atomic mass is 10.1. The van der Waals surface area contributed by atoms with Crippen LogP contribution >= 0.6 is 0 Å². The molecule has 0 fully saturated rings. The minimum absolute atomic E-state index is 0.176. The molecule has 0 aliphatic rings. The lowest BCUT2D eigenvalue weighted by Crippen LogP contribution is -1.96. The van der Waals surface area contributed by atoms with E-state index in [9.17, 15) is 8.78 Å². The Hall–Kier alpha value is -2.10. The highest BCUT2D eigenvalue weighted by molar-refractivity contribution is 5.57. The van der Waals surface area contributed by atoms with Gasteiger partial charge < -0.3 is 10.5 Å². The Morgan fingerprint density at radius 2 is 1.61 bits per heavy atom. The van der Waals surface area contributed by atoms with Crippen LogP contribution in [0.5, 0.6) is 11.5 Å². The number of ether oxygens (including phenoxy) is 1. The Morgan fingerprint density at radius 1 is 0.944 bits per heavy atom. The first-order chi connectivity index (χ1) is 8.47. The van der Waals surface area contributed by atoms with Gasteiger partial charge in [0.2, 0.25) is 0 Å². The smallest absolute Gasteiger partial charge is 0.166 e. The average Bonchev–Trinajstić information content (AvgIpc) is 2.30. The van der Waals surface area contributed by atoms with Crippen molar-refractivity contribution in [2.75, 3.05) is 5.73 Å². The van der Waals surface area contributed by atoms with Gasteiger partial charge in [0.05, 0.1) is 5.69 Å². The molecular formula is C14H13F2NO. The standard InChI is InChI=1S/C14H13F2NO/c1-8-5-12(17)14(6-9(8)2)18-13-7-10(15)3-4-11(13)16/h3-7H,17H2,1-2H3. The van der Waals surface area contributed by atoms with Crippen molar-refractivity contribution in [3.63, 3.8) is 0 Å². The van der Waals surface area contributed by atoms with Gasteiger partial charge in [0, 0.05) is 6.07 Å². The van der Waals surface area contributed by atoms with E-state index in [2.05, 4.69) is 0 Å². The Balaban J connectivity index is 2.40. The quantitative estimate of drug-likeness (QED) is 0.818. The summed E-state index contributed by atoms with van der Waals surface area (Å²) in [6.07, 6.45) is 0. The number of nitrogen functional groups attached to an aromatic ring is 1. The minimum atomic E-state index is -0.631. The summed E-state index contributed by atoms with van der Waals surface area (Å²) in [5.41, 5.74) is 8.16. The molecule has 2 N–H and O–H groups in total. The molecule has 0 atom stereocenters. The molecule has 0 amide bonds. The number of nitrogens with two attached hydrogens (primary N) is 1. The molecule has 0 aliphatic heterocycles. The summed E-state index contributed by atoms with van der Waals surface area (Å²) >= 11 is 0. The molecule has 2 aromatic carbocycles. The number of rotatable bonds is 2.